The molecule has 1 aliphatic carbocycles. The summed E-state index contributed by atoms with van der Waals surface area (Å²) in [6.45, 7) is 4.02. The summed E-state index contributed by atoms with van der Waals surface area (Å²) in [5.41, 5.74) is 7.66. The van der Waals surface area contributed by atoms with Gasteiger partial charge in [-0.15, -0.1) is 0 Å². The number of nitrogens with one attached hydrogen (secondary N) is 2. The Morgan fingerprint density at radius 1 is 1.31 bits per heavy atom. The monoisotopic (exact) mass is 355 g/mol. The van der Waals surface area contributed by atoms with Crippen LogP contribution in [-0.4, -0.2) is 33.6 Å². The first-order valence-electron chi connectivity index (χ1n) is 8.89. The zero-order valence-corrected chi connectivity index (χ0v) is 15.1. The molecule has 1 aromatic carbocycles. The van der Waals surface area contributed by atoms with Crippen LogP contribution in [0, 0.1) is 5.92 Å². The molecule has 138 valence electrons. The van der Waals surface area contributed by atoms with Crippen LogP contribution in [0.3, 0.4) is 0 Å². The van der Waals surface area contributed by atoms with Gasteiger partial charge in [0, 0.05) is 23.2 Å². The minimum absolute atomic E-state index is 0.0142. The van der Waals surface area contributed by atoms with Crippen LogP contribution in [0.25, 0.3) is 0 Å². The third-order valence-electron chi connectivity index (χ3n) is 4.45. The number of hydrogen-bond donors (Lipinski definition) is 4. The van der Waals surface area contributed by atoms with Crippen LogP contribution in [0.4, 0.5) is 17.5 Å². The number of aliphatic hydroxyl groups is 1. The van der Waals surface area contributed by atoms with Gasteiger partial charge in [0.1, 0.15) is 5.82 Å². The molecule has 26 heavy (non-hydrogen) atoms. The fourth-order valence-electron chi connectivity index (χ4n) is 2.64. The lowest BCUT2D eigenvalue weighted by molar-refractivity contribution is 0.102. The summed E-state index contributed by atoms with van der Waals surface area (Å²) in [6.07, 6.45) is 2.18. The summed E-state index contributed by atoms with van der Waals surface area (Å²) in [5, 5.41) is 15.5. The Kier molecular flexibility index (Phi) is 5.37. The van der Waals surface area contributed by atoms with Gasteiger partial charge in [-0.2, -0.15) is 4.98 Å². The first kappa shape index (κ1) is 18.1. The van der Waals surface area contributed by atoms with Crippen LogP contribution >= 0.6 is 0 Å². The Hall–Kier alpha value is -2.67. The number of aromatic nitrogens is 2. The van der Waals surface area contributed by atoms with E-state index in [1.807, 2.05) is 19.9 Å². The number of nitrogens with zero attached hydrogens (tertiary/aromatic N) is 2. The molecule has 3 rings (SSSR count). The summed E-state index contributed by atoms with van der Waals surface area (Å²) in [6, 6.07) is 8.46. The maximum atomic E-state index is 12.5. The number of carbonyl (C=O) groups excluding carboxylic acids is 1. The summed E-state index contributed by atoms with van der Waals surface area (Å²) < 4.78 is 0. The van der Waals surface area contributed by atoms with Crippen molar-refractivity contribution in [3.63, 3.8) is 0 Å². The number of nitrogen functional groups attached to an aromatic ring is 1. The predicted octanol–water partition coefficient (Wildman–Crippen LogP) is 2.62. The SMILES string of the molecule is CC(C)[C@H](CO)Nc1nc(NC(=O)c2cccc(N)c2)cc(C2CC2)n1. The smallest absolute Gasteiger partial charge is 0.256 e. The van der Waals surface area contributed by atoms with E-state index in [1.165, 1.54) is 0 Å². The second-order valence-electron chi connectivity index (χ2n) is 7.03. The molecular formula is C19H25N5O2. The van der Waals surface area contributed by atoms with E-state index in [-0.39, 0.29) is 24.5 Å². The number of rotatable bonds is 7. The number of hydrogen-bond acceptors (Lipinski definition) is 6. The molecule has 7 heteroatoms. The third kappa shape index (κ3) is 4.49. The van der Waals surface area contributed by atoms with E-state index in [9.17, 15) is 9.90 Å². The van der Waals surface area contributed by atoms with Gasteiger partial charge in [-0.3, -0.25) is 4.79 Å². The fraction of sp³-hybridized carbons (Fsp3) is 0.421. The average Bonchev–Trinajstić information content (AvgIpc) is 3.44. The average molecular weight is 355 g/mol. The Balaban J connectivity index is 1.82. The molecule has 1 amide bonds. The van der Waals surface area contributed by atoms with E-state index >= 15 is 0 Å². The van der Waals surface area contributed by atoms with Crippen molar-refractivity contribution < 1.29 is 9.90 Å². The van der Waals surface area contributed by atoms with Crippen molar-refractivity contribution >= 4 is 23.4 Å². The van der Waals surface area contributed by atoms with Gasteiger partial charge in [0.25, 0.3) is 5.91 Å². The van der Waals surface area contributed by atoms with E-state index in [1.54, 1.807) is 24.3 Å². The van der Waals surface area contributed by atoms with E-state index < -0.39 is 0 Å². The van der Waals surface area contributed by atoms with Gasteiger partial charge in [-0.25, -0.2) is 4.98 Å². The summed E-state index contributed by atoms with van der Waals surface area (Å²) in [5.74, 6) is 1.22. The Labute approximate surface area is 153 Å². The highest BCUT2D eigenvalue weighted by atomic mass is 16.3. The van der Waals surface area contributed by atoms with Crippen molar-refractivity contribution in [2.45, 2.75) is 38.6 Å². The fourth-order valence-corrected chi connectivity index (χ4v) is 2.64. The molecule has 0 radical (unpaired) electrons. The minimum Gasteiger partial charge on any atom is -0.399 e. The highest BCUT2D eigenvalue weighted by Gasteiger charge is 2.27. The van der Waals surface area contributed by atoms with Crippen LogP contribution in [-0.2, 0) is 0 Å². The third-order valence-corrected chi connectivity index (χ3v) is 4.45. The molecule has 0 bridgehead atoms. The molecule has 1 aliphatic rings. The topological polar surface area (TPSA) is 113 Å². The lowest BCUT2D eigenvalue weighted by atomic mass is 10.1. The van der Waals surface area contributed by atoms with Gasteiger partial charge in [0.2, 0.25) is 5.95 Å². The van der Waals surface area contributed by atoms with Crippen molar-refractivity contribution in [3.05, 3.63) is 41.6 Å². The van der Waals surface area contributed by atoms with Crippen molar-refractivity contribution in [3.8, 4) is 0 Å². The number of nitrogens with two attached hydrogens (primary N) is 1. The van der Waals surface area contributed by atoms with Crippen molar-refractivity contribution in [1.29, 1.82) is 0 Å². The number of anilines is 3. The van der Waals surface area contributed by atoms with Crippen LogP contribution < -0.4 is 16.4 Å². The zero-order chi connectivity index (χ0) is 18.7. The molecule has 1 saturated carbocycles. The lowest BCUT2D eigenvalue weighted by Gasteiger charge is -2.20. The molecule has 5 N–H and O–H groups in total. The highest BCUT2D eigenvalue weighted by Crippen LogP contribution is 2.40. The van der Waals surface area contributed by atoms with Gasteiger partial charge >= 0.3 is 0 Å². The number of carbonyl (C=O) groups is 1. The molecule has 1 fully saturated rings. The van der Waals surface area contributed by atoms with E-state index in [2.05, 4.69) is 20.6 Å². The lowest BCUT2D eigenvalue weighted by Crippen LogP contribution is -2.30. The van der Waals surface area contributed by atoms with Crippen molar-refractivity contribution in [1.82, 2.24) is 9.97 Å². The standard InChI is InChI=1S/C19H25N5O2/c1-11(2)16(10-25)22-19-21-15(12-6-7-12)9-17(24-19)23-18(26)13-4-3-5-14(20)8-13/h3-5,8-9,11-12,16,25H,6-7,10,20H2,1-2H3,(H2,21,22,23,24,26)/t16-/m0/s1. The van der Waals surface area contributed by atoms with Crippen molar-refractivity contribution in [2.75, 3.05) is 23.0 Å². The van der Waals surface area contributed by atoms with Crippen LogP contribution in [0.1, 0.15) is 48.7 Å². The second kappa shape index (κ2) is 7.70. The van der Waals surface area contributed by atoms with E-state index in [0.29, 0.717) is 28.9 Å². The van der Waals surface area contributed by atoms with E-state index in [0.717, 1.165) is 18.5 Å². The highest BCUT2D eigenvalue weighted by molar-refractivity contribution is 6.04. The molecule has 2 aromatic rings. The minimum atomic E-state index is -0.272. The van der Waals surface area contributed by atoms with Crippen LogP contribution in [0.5, 0.6) is 0 Å². The number of amides is 1. The summed E-state index contributed by atoms with van der Waals surface area (Å²) >= 11 is 0. The molecule has 0 saturated heterocycles. The van der Waals surface area contributed by atoms with Gasteiger partial charge in [-0.05, 0) is 37.0 Å². The van der Waals surface area contributed by atoms with Crippen molar-refractivity contribution in [2.24, 2.45) is 5.92 Å². The molecule has 0 aliphatic heterocycles. The normalized spacial score (nSPS) is 14.9. The molecule has 1 atom stereocenters. The Bertz CT molecular complexity index is 789. The maximum Gasteiger partial charge on any atom is 0.256 e. The van der Waals surface area contributed by atoms with Gasteiger partial charge in [-0.1, -0.05) is 19.9 Å². The molecule has 1 aromatic heterocycles. The second-order valence-corrected chi connectivity index (χ2v) is 7.03. The maximum absolute atomic E-state index is 12.5. The quantitative estimate of drug-likeness (QED) is 0.568. The summed E-state index contributed by atoms with van der Waals surface area (Å²) in [7, 11) is 0. The van der Waals surface area contributed by atoms with Gasteiger partial charge in [0.15, 0.2) is 0 Å². The number of aliphatic hydroxyl groups excluding tert-OH is 1. The predicted molar refractivity (Wildman–Crippen MR) is 102 cm³/mol. The largest absolute Gasteiger partial charge is 0.399 e. The van der Waals surface area contributed by atoms with E-state index in [4.69, 9.17) is 5.73 Å². The molecular weight excluding hydrogens is 330 g/mol. The number of benzene rings is 1. The van der Waals surface area contributed by atoms with Crippen LogP contribution in [0.15, 0.2) is 30.3 Å². The Morgan fingerprint density at radius 3 is 2.69 bits per heavy atom. The zero-order valence-electron chi connectivity index (χ0n) is 15.1. The molecule has 0 unspecified atom stereocenters. The summed E-state index contributed by atoms with van der Waals surface area (Å²) in [4.78, 5) is 21.4. The van der Waals surface area contributed by atoms with Crippen LogP contribution in [0.2, 0.25) is 0 Å². The first-order chi connectivity index (χ1) is 12.5. The Morgan fingerprint density at radius 2 is 2.08 bits per heavy atom. The molecule has 7 nitrogen and oxygen atoms in total. The van der Waals surface area contributed by atoms with Gasteiger partial charge < -0.3 is 21.5 Å². The van der Waals surface area contributed by atoms with Gasteiger partial charge in [0.05, 0.1) is 18.3 Å². The first-order valence-corrected chi connectivity index (χ1v) is 8.89. The molecule has 1 heterocycles. The molecule has 0 spiro atoms.